The zero-order chi connectivity index (χ0) is 50.6. The van der Waals surface area contributed by atoms with Gasteiger partial charge in [0, 0.05) is 45.5 Å². The van der Waals surface area contributed by atoms with Crippen LogP contribution in [0.2, 0.25) is 0 Å². The molecule has 2 heterocycles. The highest BCUT2D eigenvalue weighted by Gasteiger charge is 2.61. The summed E-state index contributed by atoms with van der Waals surface area (Å²) in [6.07, 6.45) is 2.31. The second-order valence-electron chi connectivity index (χ2n) is 25.5. The first-order chi connectivity index (χ1) is 33.3. The van der Waals surface area contributed by atoms with Crippen LogP contribution in [-0.4, -0.2) is 9.97 Å². The smallest absolute Gasteiger partial charge is 0.108 e. The second kappa shape index (κ2) is 17.0. The Morgan fingerprint density at radius 1 is 0.408 bits per heavy atom. The standard InChI is InChI=1S/C66H74N4S/c1-61(2,3)44-20-32-50(33-21-44)69(51-34-22-45(23-35-51)62(4,5)6)48-28-16-42(17-29-48)58-56-57(68-60-55(67-56)54-40-41-66(60,15)65(54,13)14)59(71-58)43-18-30-49(31-19-43)70(52-36-24-46(25-37-52)63(7,8)9)53-38-26-47(27-39-53)64(10,11)12/h16-39,54H,40-41H2,1-15H3. The first-order valence-electron chi connectivity index (χ1n) is 25.9. The van der Waals surface area contributed by atoms with Crippen LogP contribution in [0.4, 0.5) is 34.1 Å². The van der Waals surface area contributed by atoms with Gasteiger partial charge in [0.25, 0.3) is 0 Å². The summed E-state index contributed by atoms with van der Waals surface area (Å²) in [5.41, 5.74) is 19.2. The molecule has 2 bridgehead atoms. The first kappa shape index (κ1) is 48.6. The summed E-state index contributed by atoms with van der Waals surface area (Å²) in [5.74, 6) is 0.404. The molecule has 0 spiro atoms. The fourth-order valence-electron chi connectivity index (χ4n) is 11.3. The normalized spacial score (nSPS) is 17.7. The molecular weight excluding hydrogens is 881 g/mol. The molecule has 2 unspecified atom stereocenters. The lowest BCUT2D eigenvalue weighted by Gasteiger charge is -2.34. The molecule has 0 amide bonds. The van der Waals surface area contributed by atoms with Crippen LogP contribution in [0.15, 0.2) is 146 Å². The molecule has 2 aliphatic rings. The topological polar surface area (TPSA) is 32.3 Å². The molecule has 10 rings (SSSR count). The van der Waals surface area contributed by atoms with Gasteiger partial charge in [-0.2, -0.15) is 0 Å². The van der Waals surface area contributed by atoms with E-state index in [0.717, 1.165) is 69.1 Å². The van der Waals surface area contributed by atoms with Crippen molar-refractivity contribution >= 4 is 56.5 Å². The van der Waals surface area contributed by atoms with Crippen LogP contribution in [0.5, 0.6) is 0 Å². The van der Waals surface area contributed by atoms with E-state index >= 15 is 0 Å². The van der Waals surface area contributed by atoms with E-state index in [4.69, 9.17) is 9.97 Å². The maximum atomic E-state index is 5.74. The Morgan fingerprint density at radius 3 is 0.986 bits per heavy atom. The highest BCUT2D eigenvalue weighted by Crippen LogP contribution is 2.67. The van der Waals surface area contributed by atoms with Crippen LogP contribution in [-0.2, 0) is 27.1 Å². The summed E-state index contributed by atoms with van der Waals surface area (Å²) in [7, 11) is 0. The monoisotopic (exact) mass is 955 g/mol. The summed E-state index contributed by atoms with van der Waals surface area (Å²) in [6.45, 7) is 34.6. The number of benzene rings is 6. The van der Waals surface area contributed by atoms with Gasteiger partial charge in [0.15, 0.2) is 0 Å². The Balaban J connectivity index is 1.08. The van der Waals surface area contributed by atoms with Gasteiger partial charge in [0.1, 0.15) is 11.0 Å². The van der Waals surface area contributed by atoms with Crippen molar-refractivity contribution in [3.63, 3.8) is 0 Å². The van der Waals surface area contributed by atoms with Gasteiger partial charge in [-0.05, 0) is 146 Å². The largest absolute Gasteiger partial charge is 0.311 e. The number of hydrogen-bond acceptors (Lipinski definition) is 5. The van der Waals surface area contributed by atoms with Gasteiger partial charge >= 0.3 is 0 Å². The van der Waals surface area contributed by atoms with Gasteiger partial charge in [-0.15, -0.1) is 11.3 Å². The van der Waals surface area contributed by atoms with Crippen molar-refractivity contribution in [3.8, 4) is 20.9 Å². The molecule has 8 aromatic rings. The van der Waals surface area contributed by atoms with E-state index in [2.05, 4.69) is 259 Å². The van der Waals surface area contributed by atoms with Crippen LogP contribution < -0.4 is 9.80 Å². The summed E-state index contributed by atoms with van der Waals surface area (Å²) in [4.78, 5) is 18.6. The van der Waals surface area contributed by atoms with Gasteiger partial charge < -0.3 is 9.80 Å². The lowest BCUT2D eigenvalue weighted by molar-refractivity contribution is 0.227. The third-order valence-electron chi connectivity index (χ3n) is 16.4. The summed E-state index contributed by atoms with van der Waals surface area (Å²) in [6, 6.07) is 54.8. The molecular formula is C66H74N4S. The van der Waals surface area contributed by atoms with Crippen LogP contribution in [0.3, 0.4) is 0 Å². The minimum atomic E-state index is -0.00965. The first-order valence-corrected chi connectivity index (χ1v) is 26.7. The molecule has 6 aromatic carbocycles. The molecule has 5 heteroatoms. The Hall–Kier alpha value is -6.04. The lowest BCUT2D eigenvalue weighted by Crippen LogP contribution is -2.31. The maximum Gasteiger partial charge on any atom is 0.108 e. The van der Waals surface area contributed by atoms with E-state index in [-0.39, 0.29) is 32.5 Å². The maximum absolute atomic E-state index is 5.74. The molecule has 2 aliphatic carbocycles. The molecule has 4 nitrogen and oxygen atoms in total. The Bertz CT molecular complexity index is 3110. The number of thiophene rings is 1. The van der Waals surface area contributed by atoms with Crippen LogP contribution in [0.1, 0.15) is 156 Å². The predicted octanol–water partition coefficient (Wildman–Crippen LogP) is 19.3. The number of nitrogens with zero attached hydrogens (tertiary/aromatic N) is 4. The minimum absolute atomic E-state index is 0.00965. The van der Waals surface area contributed by atoms with Gasteiger partial charge in [-0.1, -0.05) is 177 Å². The van der Waals surface area contributed by atoms with E-state index in [1.807, 2.05) is 11.3 Å². The average molecular weight is 955 g/mol. The summed E-state index contributed by atoms with van der Waals surface area (Å²) < 4.78 is 0. The Kier molecular flexibility index (Phi) is 11.7. The number of hydrogen-bond donors (Lipinski definition) is 0. The van der Waals surface area contributed by atoms with E-state index < -0.39 is 0 Å². The molecule has 71 heavy (non-hydrogen) atoms. The molecule has 0 radical (unpaired) electrons. The zero-order valence-corrected chi connectivity index (χ0v) is 45.9. The summed E-state index contributed by atoms with van der Waals surface area (Å²) >= 11 is 1.83. The fraction of sp³-hybridized carbons (Fsp3) is 0.364. The highest BCUT2D eigenvalue weighted by molar-refractivity contribution is 7.20. The third-order valence-corrected chi connectivity index (χ3v) is 17.6. The van der Waals surface area contributed by atoms with Crippen molar-refractivity contribution in [1.29, 1.82) is 0 Å². The average Bonchev–Trinajstić information content (AvgIpc) is 3.86. The molecule has 1 saturated carbocycles. The molecule has 0 saturated heterocycles. The number of anilines is 6. The number of aromatic nitrogens is 2. The molecule has 1 fully saturated rings. The van der Waals surface area contributed by atoms with Crippen molar-refractivity contribution in [2.24, 2.45) is 5.41 Å². The van der Waals surface area contributed by atoms with Crippen molar-refractivity contribution in [1.82, 2.24) is 9.97 Å². The quantitative estimate of drug-likeness (QED) is 0.152. The van der Waals surface area contributed by atoms with E-state index in [1.165, 1.54) is 43.4 Å². The van der Waals surface area contributed by atoms with Crippen molar-refractivity contribution in [2.75, 3.05) is 9.80 Å². The van der Waals surface area contributed by atoms with Crippen LogP contribution in [0.25, 0.3) is 31.9 Å². The second-order valence-corrected chi connectivity index (χ2v) is 26.5. The molecule has 0 aliphatic heterocycles. The van der Waals surface area contributed by atoms with Crippen LogP contribution in [0, 0.1) is 5.41 Å². The van der Waals surface area contributed by atoms with Gasteiger partial charge in [-0.3, -0.25) is 0 Å². The molecule has 0 N–H and O–H groups in total. The molecule has 2 atom stereocenters. The van der Waals surface area contributed by atoms with Crippen molar-refractivity contribution < 1.29 is 0 Å². The number of rotatable bonds is 8. The molecule has 2 aromatic heterocycles. The van der Waals surface area contributed by atoms with Gasteiger partial charge in [-0.25, -0.2) is 9.97 Å². The lowest BCUT2D eigenvalue weighted by atomic mass is 9.70. The number of fused-ring (bicyclic) bond motifs is 6. The summed E-state index contributed by atoms with van der Waals surface area (Å²) in [5, 5.41) is 0. The zero-order valence-electron chi connectivity index (χ0n) is 45.0. The van der Waals surface area contributed by atoms with Gasteiger partial charge in [0.2, 0.25) is 0 Å². The van der Waals surface area contributed by atoms with E-state index in [1.54, 1.807) is 0 Å². The van der Waals surface area contributed by atoms with Crippen LogP contribution >= 0.6 is 11.3 Å². The van der Waals surface area contributed by atoms with Gasteiger partial charge in [0.05, 0.1) is 21.1 Å². The predicted molar refractivity (Wildman–Crippen MR) is 306 cm³/mol. The fourth-order valence-corrected chi connectivity index (χ4v) is 12.5. The molecule has 364 valence electrons. The van der Waals surface area contributed by atoms with E-state index in [0.29, 0.717) is 5.92 Å². The highest BCUT2D eigenvalue weighted by atomic mass is 32.1. The van der Waals surface area contributed by atoms with Crippen molar-refractivity contribution in [2.45, 2.75) is 150 Å². The SMILES string of the molecule is CC(C)(C)c1ccc(N(c2ccc(-c3sc(-c4ccc(N(c5ccc(C(C)(C)C)cc5)c5ccc(C(C)(C)C)cc5)cc4)c4nc5c(nc34)C3CCC5(C)C3(C)C)cc2)c2ccc(C(C)(C)C)cc2)cc1. The minimum Gasteiger partial charge on any atom is -0.311 e. The van der Waals surface area contributed by atoms with Crippen molar-refractivity contribution in [3.05, 3.63) is 179 Å². The third kappa shape index (κ3) is 8.60. The Morgan fingerprint density at radius 2 is 0.690 bits per heavy atom. The van der Waals surface area contributed by atoms with E-state index in [9.17, 15) is 0 Å². The Labute approximate surface area is 429 Å².